The fraction of sp³-hybridized carbons (Fsp3) is 0.538. The van der Waals surface area contributed by atoms with Crippen LogP contribution in [0.4, 0.5) is 8.78 Å². The molecule has 18 heavy (non-hydrogen) atoms. The highest BCUT2D eigenvalue weighted by Crippen LogP contribution is 2.14. The van der Waals surface area contributed by atoms with Crippen molar-refractivity contribution in [3.63, 3.8) is 0 Å². The molecule has 1 aromatic carbocycles. The van der Waals surface area contributed by atoms with E-state index in [-0.39, 0.29) is 18.0 Å². The van der Waals surface area contributed by atoms with Gasteiger partial charge in [0, 0.05) is 18.7 Å². The number of hydrogen-bond donors (Lipinski definition) is 1. The van der Waals surface area contributed by atoms with Crippen LogP contribution in [0.5, 0.6) is 0 Å². The fourth-order valence-corrected chi connectivity index (χ4v) is 1.59. The number of nitrogens with one attached hydrogen (secondary N) is 1. The number of ether oxygens (including phenoxy) is 2. The van der Waals surface area contributed by atoms with Crippen LogP contribution in [0.2, 0.25) is 0 Å². The minimum atomic E-state index is -0.521. The van der Waals surface area contributed by atoms with Gasteiger partial charge in [0.05, 0.1) is 19.8 Å². The van der Waals surface area contributed by atoms with E-state index in [1.165, 1.54) is 18.2 Å². The summed E-state index contributed by atoms with van der Waals surface area (Å²) in [6, 6.07) is 3.75. The van der Waals surface area contributed by atoms with E-state index in [4.69, 9.17) is 9.47 Å². The van der Waals surface area contributed by atoms with Crippen molar-refractivity contribution in [1.29, 1.82) is 0 Å². The van der Waals surface area contributed by atoms with Gasteiger partial charge in [0.1, 0.15) is 11.6 Å². The SMILES string of the molecule is CNC(COCCOC)Cc1c(F)cccc1F. The molecule has 0 aliphatic heterocycles. The molecule has 0 spiro atoms. The lowest BCUT2D eigenvalue weighted by molar-refractivity contribution is 0.0595. The van der Waals surface area contributed by atoms with Gasteiger partial charge in [-0.2, -0.15) is 0 Å². The maximum absolute atomic E-state index is 13.5. The van der Waals surface area contributed by atoms with Crippen LogP contribution in [0.3, 0.4) is 0 Å². The van der Waals surface area contributed by atoms with Gasteiger partial charge >= 0.3 is 0 Å². The summed E-state index contributed by atoms with van der Waals surface area (Å²) in [4.78, 5) is 0. The van der Waals surface area contributed by atoms with Crippen molar-refractivity contribution < 1.29 is 18.3 Å². The van der Waals surface area contributed by atoms with Crippen LogP contribution in [0.25, 0.3) is 0 Å². The summed E-state index contributed by atoms with van der Waals surface area (Å²) in [5.74, 6) is -1.04. The molecule has 0 amide bonds. The van der Waals surface area contributed by atoms with Crippen molar-refractivity contribution in [2.75, 3.05) is 34.0 Å². The van der Waals surface area contributed by atoms with E-state index in [0.29, 0.717) is 19.8 Å². The zero-order valence-corrected chi connectivity index (χ0v) is 10.7. The van der Waals surface area contributed by atoms with Crippen LogP contribution in [0.1, 0.15) is 5.56 Å². The second-order valence-electron chi connectivity index (χ2n) is 3.96. The first-order valence-electron chi connectivity index (χ1n) is 5.85. The van der Waals surface area contributed by atoms with Crippen LogP contribution in [-0.4, -0.2) is 40.0 Å². The van der Waals surface area contributed by atoms with Gasteiger partial charge in [0.2, 0.25) is 0 Å². The van der Waals surface area contributed by atoms with Crippen molar-refractivity contribution in [1.82, 2.24) is 5.32 Å². The maximum Gasteiger partial charge on any atom is 0.129 e. The molecule has 0 bridgehead atoms. The molecule has 3 nitrogen and oxygen atoms in total. The lowest BCUT2D eigenvalue weighted by atomic mass is 10.1. The van der Waals surface area contributed by atoms with Gasteiger partial charge in [0.15, 0.2) is 0 Å². The first kappa shape index (κ1) is 15.0. The molecule has 5 heteroatoms. The third kappa shape index (κ3) is 4.68. The molecule has 0 fully saturated rings. The predicted molar refractivity (Wildman–Crippen MR) is 65.6 cm³/mol. The van der Waals surface area contributed by atoms with E-state index in [2.05, 4.69) is 5.32 Å². The average molecular weight is 259 g/mol. The molecule has 0 saturated heterocycles. The van der Waals surface area contributed by atoms with Crippen molar-refractivity contribution in [3.05, 3.63) is 35.4 Å². The molecular weight excluding hydrogens is 240 g/mol. The summed E-state index contributed by atoms with van der Waals surface area (Å²) in [6.07, 6.45) is 0.252. The number of likely N-dealkylation sites (N-methyl/N-ethyl adjacent to an activating group) is 1. The molecule has 0 saturated carbocycles. The molecule has 1 N–H and O–H groups in total. The van der Waals surface area contributed by atoms with Crippen LogP contribution in [0.15, 0.2) is 18.2 Å². The highest BCUT2D eigenvalue weighted by atomic mass is 19.1. The Bertz CT molecular complexity index is 341. The number of methoxy groups -OCH3 is 1. The van der Waals surface area contributed by atoms with Crippen LogP contribution < -0.4 is 5.32 Å². The summed E-state index contributed by atoms with van der Waals surface area (Å²) in [7, 11) is 3.33. The summed E-state index contributed by atoms with van der Waals surface area (Å²) >= 11 is 0. The topological polar surface area (TPSA) is 30.5 Å². The van der Waals surface area contributed by atoms with Crippen molar-refractivity contribution in [2.24, 2.45) is 0 Å². The fourth-order valence-electron chi connectivity index (χ4n) is 1.59. The largest absolute Gasteiger partial charge is 0.382 e. The van der Waals surface area contributed by atoms with Gasteiger partial charge in [-0.05, 0) is 25.6 Å². The summed E-state index contributed by atoms with van der Waals surface area (Å²) < 4.78 is 37.1. The highest BCUT2D eigenvalue weighted by Gasteiger charge is 2.14. The third-order valence-electron chi connectivity index (χ3n) is 2.67. The van der Waals surface area contributed by atoms with Gasteiger partial charge < -0.3 is 14.8 Å². The molecule has 0 aromatic heterocycles. The molecule has 1 atom stereocenters. The quantitative estimate of drug-likeness (QED) is 0.722. The standard InChI is InChI=1S/C13H19F2NO2/c1-16-10(9-18-7-6-17-2)8-11-12(14)4-3-5-13(11)15/h3-5,10,16H,6-9H2,1-2H3. The molecule has 1 unspecified atom stereocenters. The van der Waals surface area contributed by atoms with Crippen LogP contribution in [0, 0.1) is 11.6 Å². The summed E-state index contributed by atoms with van der Waals surface area (Å²) in [5, 5.41) is 2.98. The Hall–Kier alpha value is -1.04. The second kappa shape index (κ2) is 8.13. The van der Waals surface area contributed by atoms with Crippen molar-refractivity contribution >= 4 is 0 Å². The van der Waals surface area contributed by atoms with Crippen LogP contribution in [-0.2, 0) is 15.9 Å². The van der Waals surface area contributed by atoms with Gasteiger partial charge in [-0.15, -0.1) is 0 Å². The molecule has 1 aromatic rings. The highest BCUT2D eigenvalue weighted by molar-refractivity contribution is 5.20. The first-order valence-corrected chi connectivity index (χ1v) is 5.85. The Morgan fingerprint density at radius 2 is 1.89 bits per heavy atom. The van der Waals surface area contributed by atoms with Crippen molar-refractivity contribution in [3.8, 4) is 0 Å². The lowest BCUT2D eigenvalue weighted by Gasteiger charge is -2.17. The average Bonchev–Trinajstić information content (AvgIpc) is 2.36. The molecule has 0 aliphatic rings. The predicted octanol–water partition coefficient (Wildman–Crippen LogP) is 1.76. The van der Waals surface area contributed by atoms with E-state index in [1.807, 2.05) is 0 Å². The number of rotatable bonds is 8. The normalized spacial score (nSPS) is 12.7. The summed E-state index contributed by atoms with van der Waals surface area (Å²) in [6.45, 7) is 1.35. The van der Waals surface area contributed by atoms with Gasteiger partial charge in [0.25, 0.3) is 0 Å². The Morgan fingerprint density at radius 3 is 2.44 bits per heavy atom. The Kier molecular flexibility index (Phi) is 6.78. The Labute approximate surface area is 106 Å². The molecule has 0 radical (unpaired) electrons. The van der Waals surface area contributed by atoms with Gasteiger partial charge in [-0.3, -0.25) is 0 Å². The number of benzene rings is 1. The monoisotopic (exact) mass is 259 g/mol. The van der Waals surface area contributed by atoms with Crippen LogP contribution >= 0.6 is 0 Å². The summed E-state index contributed by atoms with van der Waals surface area (Å²) in [5.41, 5.74) is 0.0900. The first-order chi connectivity index (χ1) is 8.69. The Balaban J connectivity index is 2.52. The molecule has 0 aliphatic carbocycles. The minimum absolute atomic E-state index is 0.0900. The van der Waals surface area contributed by atoms with E-state index in [1.54, 1.807) is 14.2 Å². The van der Waals surface area contributed by atoms with E-state index in [9.17, 15) is 8.78 Å². The number of halogens is 2. The van der Waals surface area contributed by atoms with Gasteiger partial charge in [-0.25, -0.2) is 8.78 Å². The zero-order chi connectivity index (χ0) is 13.4. The lowest BCUT2D eigenvalue weighted by Crippen LogP contribution is -2.33. The number of hydrogen-bond acceptors (Lipinski definition) is 3. The van der Waals surface area contributed by atoms with Crippen molar-refractivity contribution in [2.45, 2.75) is 12.5 Å². The second-order valence-corrected chi connectivity index (χ2v) is 3.96. The third-order valence-corrected chi connectivity index (χ3v) is 2.67. The van der Waals surface area contributed by atoms with Gasteiger partial charge in [-0.1, -0.05) is 6.07 Å². The van der Waals surface area contributed by atoms with E-state index < -0.39 is 11.6 Å². The molecular formula is C13H19F2NO2. The molecule has 1 rings (SSSR count). The zero-order valence-electron chi connectivity index (χ0n) is 10.7. The molecule has 102 valence electrons. The van der Waals surface area contributed by atoms with E-state index >= 15 is 0 Å². The Morgan fingerprint density at radius 1 is 1.22 bits per heavy atom. The smallest absolute Gasteiger partial charge is 0.129 e. The minimum Gasteiger partial charge on any atom is -0.382 e. The maximum atomic E-state index is 13.5. The van der Waals surface area contributed by atoms with E-state index in [0.717, 1.165) is 0 Å². The molecule has 0 heterocycles.